The first kappa shape index (κ1) is 13.9. The van der Waals surface area contributed by atoms with Crippen LogP contribution in [0.15, 0.2) is 12.1 Å². The van der Waals surface area contributed by atoms with Gasteiger partial charge < -0.3 is 10.6 Å². The number of nitrogens with two attached hydrogens (primary N) is 1. The van der Waals surface area contributed by atoms with E-state index in [0.29, 0.717) is 17.6 Å². The van der Waals surface area contributed by atoms with Crippen molar-refractivity contribution in [1.82, 2.24) is 4.90 Å². The zero-order valence-corrected chi connectivity index (χ0v) is 12.4. The van der Waals surface area contributed by atoms with Crippen LogP contribution in [0, 0.1) is 19.8 Å². The molecule has 19 heavy (non-hydrogen) atoms. The molecule has 3 nitrogen and oxygen atoms in total. The summed E-state index contributed by atoms with van der Waals surface area (Å²) in [7, 11) is 0. The van der Waals surface area contributed by atoms with Crippen LogP contribution in [0.25, 0.3) is 0 Å². The maximum absolute atomic E-state index is 12.7. The van der Waals surface area contributed by atoms with E-state index < -0.39 is 0 Å². The fourth-order valence-electron chi connectivity index (χ4n) is 2.43. The number of hydrogen-bond acceptors (Lipinski definition) is 2. The predicted molar refractivity (Wildman–Crippen MR) is 79.2 cm³/mol. The molecule has 0 saturated heterocycles. The second-order valence-electron chi connectivity index (χ2n) is 6.11. The molecule has 0 radical (unpaired) electrons. The Morgan fingerprint density at radius 1 is 1.32 bits per heavy atom. The van der Waals surface area contributed by atoms with Gasteiger partial charge in [-0.25, -0.2) is 0 Å². The van der Waals surface area contributed by atoms with E-state index >= 15 is 0 Å². The monoisotopic (exact) mass is 260 g/mol. The lowest BCUT2D eigenvalue weighted by atomic mass is 10.0. The second-order valence-corrected chi connectivity index (χ2v) is 6.11. The number of nitrogen functional groups attached to an aromatic ring is 1. The standard InChI is InChI=1S/C16H24N2O/c1-10(2)9-18(13-5-6-13)16(19)14-8-15(17)12(4)7-11(14)3/h7-8,10,13H,5-6,9,17H2,1-4H3. The highest BCUT2D eigenvalue weighted by atomic mass is 16.2. The molecule has 2 rings (SSSR count). The minimum absolute atomic E-state index is 0.139. The Bertz CT molecular complexity index is 490. The van der Waals surface area contributed by atoms with Gasteiger partial charge in [0.2, 0.25) is 0 Å². The Morgan fingerprint density at radius 2 is 1.95 bits per heavy atom. The minimum atomic E-state index is 0.139. The number of aryl methyl sites for hydroxylation is 2. The molecule has 0 heterocycles. The smallest absolute Gasteiger partial charge is 0.254 e. The number of rotatable bonds is 4. The number of benzene rings is 1. The lowest BCUT2D eigenvalue weighted by Gasteiger charge is -2.25. The summed E-state index contributed by atoms with van der Waals surface area (Å²) in [6.45, 7) is 9.10. The summed E-state index contributed by atoms with van der Waals surface area (Å²) in [4.78, 5) is 14.7. The Balaban J connectivity index is 2.28. The molecule has 1 aliphatic rings. The van der Waals surface area contributed by atoms with Crippen LogP contribution in [-0.4, -0.2) is 23.4 Å². The van der Waals surface area contributed by atoms with Crippen LogP contribution in [0.2, 0.25) is 0 Å². The largest absolute Gasteiger partial charge is 0.398 e. The van der Waals surface area contributed by atoms with Gasteiger partial charge in [0, 0.05) is 23.8 Å². The van der Waals surface area contributed by atoms with Crippen LogP contribution >= 0.6 is 0 Å². The van der Waals surface area contributed by atoms with Gasteiger partial charge in [0.05, 0.1) is 0 Å². The maximum Gasteiger partial charge on any atom is 0.254 e. The van der Waals surface area contributed by atoms with Gasteiger partial charge in [-0.2, -0.15) is 0 Å². The first-order valence-corrected chi connectivity index (χ1v) is 7.07. The molecule has 1 saturated carbocycles. The minimum Gasteiger partial charge on any atom is -0.398 e. The zero-order valence-electron chi connectivity index (χ0n) is 12.4. The van der Waals surface area contributed by atoms with Crippen LogP contribution in [0.1, 0.15) is 48.2 Å². The molecule has 0 aliphatic heterocycles. The summed E-state index contributed by atoms with van der Waals surface area (Å²) in [5.41, 5.74) is 9.47. The number of hydrogen-bond donors (Lipinski definition) is 1. The summed E-state index contributed by atoms with van der Waals surface area (Å²) >= 11 is 0. The topological polar surface area (TPSA) is 46.3 Å². The van der Waals surface area contributed by atoms with Crippen LogP contribution in [-0.2, 0) is 0 Å². The molecule has 1 amide bonds. The SMILES string of the molecule is Cc1cc(C)c(C(=O)N(CC(C)C)C2CC2)cc1N. The number of carbonyl (C=O) groups is 1. The van der Waals surface area contributed by atoms with Gasteiger partial charge in [-0.3, -0.25) is 4.79 Å². The van der Waals surface area contributed by atoms with E-state index in [0.717, 1.165) is 36.1 Å². The number of carbonyl (C=O) groups excluding carboxylic acids is 1. The average molecular weight is 260 g/mol. The van der Waals surface area contributed by atoms with Gasteiger partial charge in [-0.05, 0) is 49.8 Å². The van der Waals surface area contributed by atoms with E-state index in [1.165, 1.54) is 0 Å². The van der Waals surface area contributed by atoms with Crippen molar-refractivity contribution in [2.45, 2.75) is 46.6 Å². The Hall–Kier alpha value is -1.51. The van der Waals surface area contributed by atoms with Gasteiger partial charge in [0.1, 0.15) is 0 Å². The van der Waals surface area contributed by atoms with Gasteiger partial charge >= 0.3 is 0 Å². The van der Waals surface area contributed by atoms with Crippen molar-refractivity contribution in [3.8, 4) is 0 Å². The van der Waals surface area contributed by atoms with Gasteiger partial charge in [0.25, 0.3) is 5.91 Å². The third kappa shape index (κ3) is 3.09. The van der Waals surface area contributed by atoms with E-state index in [-0.39, 0.29) is 5.91 Å². The highest BCUT2D eigenvalue weighted by Crippen LogP contribution is 2.30. The third-order valence-electron chi connectivity index (χ3n) is 3.65. The van der Waals surface area contributed by atoms with Crippen molar-refractivity contribution in [1.29, 1.82) is 0 Å². The van der Waals surface area contributed by atoms with Crippen molar-refractivity contribution in [2.75, 3.05) is 12.3 Å². The van der Waals surface area contributed by atoms with Crippen LogP contribution in [0.3, 0.4) is 0 Å². The fourth-order valence-corrected chi connectivity index (χ4v) is 2.43. The lowest BCUT2D eigenvalue weighted by molar-refractivity contribution is 0.0722. The first-order valence-electron chi connectivity index (χ1n) is 7.07. The Kier molecular flexibility index (Phi) is 3.83. The van der Waals surface area contributed by atoms with Crippen molar-refractivity contribution in [2.24, 2.45) is 5.92 Å². The Morgan fingerprint density at radius 3 is 2.47 bits per heavy atom. The van der Waals surface area contributed by atoms with E-state index in [9.17, 15) is 4.79 Å². The van der Waals surface area contributed by atoms with E-state index in [4.69, 9.17) is 5.73 Å². The molecule has 1 aromatic carbocycles. The summed E-state index contributed by atoms with van der Waals surface area (Å²) in [6.07, 6.45) is 2.28. The summed E-state index contributed by atoms with van der Waals surface area (Å²) in [5.74, 6) is 0.632. The zero-order chi connectivity index (χ0) is 14.2. The third-order valence-corrected chi connectivity index (χ3v) is 3.65. The summed E-state index contributed by atoms with van der Waals surface area (Å²) in [5, 5.41) is 0. The first-order chi connectivity index (χ1) is 8.90. The molecule has 0 atom stereocenters. The number of nitrogens with zero attached hydrogens (tertiary/aromatic N) is 1. The van der Waals surface area contributed by atoms with Crippen LogP contribution in [0.5, 0.6) is 0 Å². The average Bonchev–Trinajstić information content (AvgIpc) is 3.14. The summed E-state index contributed by atoms with van der Waals surface area (Å²) in [6, 6.07) is 4.28. The molecule has 1 aromatic rings. The van der Waals surface area contributed by atoms with Gasteiger partial charge in [0.15, 0.2) is 0 Å². The summed E-state index contributed by atoms with van der Waals surface area (Å²) < 4.78 is 0. The molecule has 1 aliphatic carbocycles. The van der Waals surface area contributed by atoms with E-state index in [1.54, 1.807) is 0 Å². The van der Waals surface area contributed by atoms with E-state index in [1.807, 2.05) is 30.9 Å². The van der Waals surface area contributed by atoms with Crippen LogP contribution in [0.4, 0.5) is 5.69 Å². The molecule has 2 N–H and O–H groups in total. The van der Waals surface area contributed by atoms with Crippen molar-refractivity contribution >= 4 is 11.6 Å². The fraction of sp³-hybridized carbons (Fsp3) is 0.562. The Labute approximate surface area is 115 Å². The molecule has 0 spiro atoms. The second kappa shape index (κ2) is 5.24. The molecule has 0 unspecified atom stereocenters. The molecule has 0 bridgehead atoms. The highest BCUT2D eigenvalue weighted by Gasteiger charge is 2.33. The van der Waals surface area contributed by atoms with Crippen molar-refractivity contribution < 1.29 is 4.79 Å². The van der Waals surface area contributed by atoms with Crippen LogP contribution < -0.4 is 5.73 Å². The van der Waals surface area contributed by atoms with Gasteiger partial charge in [-0.1, -0.05) is 19.9 Å². The quantitative estimate of drug-likeness (QED) is 0.845. The molecule has 104 valence electrons. The van der Waals surface area contributed by atoms with E-state index in [2.05, 4.69) is 13.8 Å². The van der Waals surface area contributed by atoms with Crippen molar-refractivity contribution in [3.05, 3.63) is 28.8 Å². The molecular formula is C16H24N2O. The molecule has 1 fully saturated rings. The molecule has 3 heteroatoms. The number of amides is 1. The van der Waals surface area contributed by atoms with Crippen molar-refractivity contribution in [3.63, 3.8) is 0 Å². The highest BCUT2D eigenvalue weighted by molar-refractivity contribution is 5.97. The van der Waals surface area contributed by atoms with Gasteiger partial charge in [-0.15, -0.1) is 0 Å². The number of anilines is 1. The normalized spacial score (nSPS) is 14.8. The lowest BCUT2D eigenvalue weighted by Crippen LogP contribution is -2.36. The molecular weight excluding hydrogens is 236 g/mol. The maximum atomic E-state index is 12.7. The predicted octanol–water partition coefficient (Wildman–Crippen LogP) is 3.15. The molecule has 0 aromatic heterocycles.